The molecule has 31 heavy (non-hydrogen) atoms. The monoisotopic (exact) mass is 422 g/mol. The third kappa shape index (κ3) is 8.01. The van der Waals surface area contributed by atoms with Gasteiger partial charge in [-0.3, -0.25) is 0 Å². The van der Waals surface area contributed by atoms with E-state index in [1.165, 1.54) is 13.2 Å². The van der Waals surface area contributed by atoms with Crippen molar-refractivity contribution in [2.24, 2.45) is 0 Å². The average Bonchev–Trinajstić information content (AvgIpc) is 2.81. The maximum atomic E-state index is 12.7. The summed E-state index contributed by atoms with van der Waals surface area (Å²) in [7, 11) is 1.33. The van der Waals surface area contributed by atoms with Gasteiger partial charge in [0.05, 0.1) is 18.7 Å². The molecule has 0 aliphatic rings. The van der Waals surface area contributed by atoms with Crippen LogP contribution in [-0.2, 0) is 27.2 Å². The summed E-state index contributed by atoms with van der Waals surface area (Å²) in [6.07, 6.45) is 2.04. The van der Waals surface area contributed by atoms with E-state index in [2.05, 4.69) is 17.2 Å². The number of carbonyl (C=O) groups excluding carboxylic acids is 2. The molecule has 0 aromatic heterocycles. The second-order valence-corrected chi connectivity index (χ2v) is 6.98. The van der Waals surface area contributed by atoms with Gasteiger partial charge in [0.1, 0.15) is 6.61 Å². The molecule has 0 radical (unpaired) electrons. The zero-order valence-electron chi connectivity index (χ0n) is 18.1. The Balaban J connectivity index is 2.25. The first kappa shape index (κ1) is 23.7. The zero-order chi connectivity index (χ0) is 22.5. The molecule has 6 nitrogen and oxygen atoms in total. The van der Waals surface area contributed by atoms with Crippen LogP contribution in [0.1, 0.15) is 24.5 Å². The Labute approximate surface area is 184 Å². The number of alkyl carbamates (subject to hydrolysis) is 1. The first-order chi connectivity index (χ1) is 15.0. The topological polar surface area (TPSA) is 76.7 Å². The van der Waals surface area contributed by atoms with E-state index in [9.17, 15) is 9.59 Å². The molecule has 2 N–H and O–H groups in total. The zero-order valence-corrected chi connectivity index (χ0v) is 18.1. The van der Waals surface area contributed by atoms with Crippen molar-refractivity contribution < 1.29 is 19.1 Å². The third-order valence-corrected chi connectivity index (χ3v) is 4.75. The highest BCUT2D eigenvalue weighted by atomic mass is 16.5. The largest absolute Gasteiger partial charge is 0.466 e. The minimum absolute atomic E-state index is 0.0831. The predicted octanol–water partition coefficient (Wildman–Crippen LogP) is 4.14. The molecule has 1 amide bonds. The fraction of sp³-hybridized carbons (Fsp3) is 0.280. The molecule has 0 bridgehead atoms. The third-order valence-electron chi connectivity index (χ3n) is 4.75. The van der Waals surface area contributed by atoms with Crippen LogP contribution < -0.4 is 10.6 Å². The summed E-state index contributed by atoms with van der Waals surface area (Å²) in [4.78, 5) is 24.9. The van der Waals surface area contributed by atoms with E-state index < -0.39 is 18.1 Å². The number of methoxy groups -OCH3 is 1. The average molecular weight is 423 g/mol. The molecule has 6 heteroatoms. The number of carbonyl (C=O) groups is 2. The summed E-state index contributed by atoms with van der Waals surface area (Å²) in [5.41, 5.74) is 3.18. The van der Waals surface area contributed by atoms with Gasteiger partial charge < -0.3 is 20.1 Å². The number of benzene rings is 2. The van der Waals surface area contributed by atoms with Gasteiger partial charge >= 0.3 is 12.1 Å². The summed E-state index contributed by atoms with van der Waals surface area (Å²) in [5.74, 6) is -0.500. The molecular formula is C25H30N2O4. The van der Waals surface area contributed by atoms with E-state index in [1.54, 1.807) is 0 Å². The van der Waals surface area contributed by atoms with Crippen molar-refractivity contribution in [1.29, 1.82) is 0 Å². The summed E-state index contributed by atoms with van der Waals surface area (Å²) in [6.45, 7) is 5.98. The number of aryl methyl sites for hydroxylation is 1. The fourth-order valence-electron chi connectivity index (χ4n) is 3.16. The van der Waals surface area contributed by atoms with Crippen molar-refractivity contribution >= 4 is 12.1 Å². The minimum Gasteiger partial charge on any atom is -0.466 e. The van der Waals surface area contributed by atoms with E-state index in [0.717, 1.165) is 11.1 Å². The van der Waals surface area contributed by atoms with Crippen molar-refractivity contribution in [2.75, 3.05) is 13.7 Å². The molecule has 1 atom stereocenters. The van der Waals surface area contributed by atoms with Crippen LogP contribution in [0.15, 0.2) is 84.6 Å². The maximum absolute atomic E-state index is 12.7. The second-order valence-electron chi connectivity index (χ2n) is 6.98. The van der Waals surface area contributed by atoms with Crippen LogP contribution in [0.3, 0.4) is 0 Å². The van der Waals surface area contributed by atoms with Crippen LogP contribution >= 0.6 is 0 Å². The number of amides is 1. The molecule has 0 spiro atoms. The van der Waals surface area contributed by atoms with Gasteiger partial charge in [-0.25, -0.2) is 9.59 Å². The Morgan fingerprint density at radius 3 is 2.23 bits per heavy atom. The summed E-state index contributed by atoms with van der Waals surface area (Å²) in [5, 5.41) is 6.09. The smallest absolute Gasteiger partial charge is 0.407 e. The van der Waals surface area contributed by atoms with Gasteiger partial charge in [0.2, 0.25) is 0 Å². The highest BCUT2D eigenvalue weighted by Gasteiger charge is 2.26. The number of esters is 1. The summed E-state index contributed by atoms with van der Waals surface area (Å²) < 4.78 is 10.1. The number of allylic oxidation sites excluding steroid dienone is 1. The van der Waals surface area contributed by atoms with E-state index in [0.29, 0.717) is 30.7 Å². The number of nitrogens with one attached hydrogen (secondary N) is 2. The molecule has 0 fully saturated rings. The molecule has 2 rings (SSSR count). The van der Waals surface area contributed by atoms with Crippen LogP contribution in [0.25, 0.3) is 0 Å². The Morgan fingerprint density at radius 1 is 1.03 bits per heavy atom. The van der Waals surface area contributed by atoms with E-state index in [1.807, 2.05) is 67.6 Å². The minimum atomic E-state index is -0.616. The van der Waals surface area contributed by atoms with Gasteiger partial charge in [0, 0.05) is 12.2 Å². The quantitative estimate of drug-likeness (QED) is 0.323. The Kier molecular flexibility index (Phi) is 9.88. The molecule has 1 unspecified atom stereocenters. The Morgan fingerprint density at radius 2 is 1.65 bits per heavy atom. The summed E-state index contributed by atoms with van der Waals surface area (Å²) in [6, 6.07) is 19.1. The molecule has 0 saturated carbocycles. The predicted molar refractivity (Wildman–Crippen MR) is 121 cm³/mol. The SMILES string of the molecule is C=CCOC(=O)NC(CCc1ccccc1)/C(C(=O)OC)=C(/C)NCc1ccccc1. The van der Waals surface area contributed by atoms with Crippen LogP contribution in [-0.4, -0.2) is 31.8 Å². The lowest BCUT2D eigenvalue weighted by molar-refractivity contribution is -0.136. The summed E-state index contributed by atoms with van der Waals surface area (Å²) >= 11 is 0. The van der Waals surface area contributed by atoms with Crippen molar-refractivity contribution in [1.82, 2.24) is 10.6 Å². The lowest BCUT2D eigenvalue weighted by atomic mass is 9.97. The van der Waals surface area contributed by atoms with Crippen LogP contribution in [0.4, 0.5) is 4.79 Å². The lowest BCUT2D eigenvalue weighted by Gasteiger charge is -2.23. The Bertz CT molecular complexity index is 879. The highest BCUT2D eigenvalue weighted by Crippen LogP contribution is 2.17. The van der Waals surface area contributed by atoms with Crippen molar-refractivity contribution in [3.05, 3.63) is 95.7 Å². The molecule has 0 saturated heterocycles. The van der Waals surface area contributed by atoms with Crippen LogP contribution in [0, 0.1) is 0 Å². The van der Waals surface area contributed by atoms with Crippen LogP contribution in [0.5, 0.6) is 0 Å². The molecule has 0 aliphatic carbocycles. The highest BCUT2D eigenvalue weighted by molar-refractivity contribution is 5.91. The van der Waals surface area contributed by atoms with E-state index in [4.69, 9.17) is 9.47 Å². The van der Waals surface area contributed by atoms with Crippen molar-refractivity contribution in [3.63, 3.8) is 0 Å². The maximum Gasteiger partial charge on any atom is 0.407 e. The number of hydrogen-bond acceptors (Lipinski definition) is 5. The fourth-order valence-corrected chi connectivity index (χ4v) is 3.16. The molecule has 0 heterocycles. The number of rotatable bonds is 11. The molecule has 2 aromatic carbocycles. The van der Waals surface area contributed by atoms with Gasteiger partial charge in [-0.15, -0.1) is 0 Å². The molecule has 2 aromatic rings. The van der Waals surface area contributed by atoms with E-state index >= 15 is 0 Å². The molecule has 164 valence electrons. The molecular weight excluding hydrogens is 392 g/mol. The van der Waals surface area contributed by atoms with E-state index in [-0.39, 0.29) is 6.61 Å². The molecule has 0 aliphatic heterocycles. The van der Waals surface area contributed by atoms with Gasteiger partial charge in [-0.2, -0.15) is 0 Å². The number of hydrogen-bond donors (Lipinski definition) is 2. The standard InChI is InChI=1S/C25H30N2O4/c1-4-17-31-25(29)27-22(16-15-20-11-7-5-8-12-20)23(24(28)30-3)19(2)26-18-21-13-9-6-10-14-21/h4-14,22,26H,1,15-18H2,2-3H3,(H,27,29)/b23-19+. The normalized spacial score (nSPS) is 12.2. The second kappa shape index (κ2) is 12.9. The van der Waals surface area contributed by atoms with Crippen molar-refractivity contribution in [2.45, 2.75) is 32.4 Å². The van der Waals surface area contributed by atoms with Crippen LogP contribution in [0.2, 0.25) is 0 Å². The van der Waals surface area contributed by atoms with Gasteiger partial charge in [-0.05, 0) is 30.9 Å². The first-order valence-corrected chi connectivity index (χ1v) is 10.2. The Hall–Kier alpha value is -3.54. The van der Waals surface area contributed by atoms with Gasteiger partial charge in [0.25, 0.3) is 0 Å². The number of ether oxygens (including phenoxy) is 2. The van der Waals surface area contributed by atoms with Gasteiger partial charge in [-0.1, -0.05) is 73.3 Å². The first-order valence-electron chi connectivity index (χ1n) is 10.2. The van der Waals surface area contributed by atoms with Gasteiger partial charge in [0.15, 0.2) is 0 Å². The lowest BCUT2D eigenvalue weighted by Crippen LogP contribution is -2.41. The van der Waals surface area contributed by atoms with Crippen molar-refractivity contribution in [3.8, 4) is 0 Å².